The van der Waals surface area contributed by atoms with Crippen LogP contribution in [-0.4, -0.2) is 43.5 Å². The number of anilines is 1. The lowest BCUT2D eigenvalue weighted by molar-refractivity contribution is 0.214. The van der Waals surface area contributed by atoms with Gasteiger partial charge in [-0.05, 0) is 26.0 Å². The molecule has 0 aliphatic carbocycles. The van der Waals surface area contributed by atoms with Crippen LogP contribution in [0.3, 0.4) is 0 Å². The SMILES string of the molecule is COc1ccccc1N1CC(C)(C)NCC1CO. The van der Waals surface area contributed by atoms with Crippen LogP contribution in [0.25, 0.3) is 0 Å². The second-order valence-electron chi connectivity index (χ2n) is 5.40. The van der Waals surface area contributed by atoms with Crippen LogP contribution in [0.4, 0.5) is 5.69 Å². The number of nitrogens with zero attached hydrogens (tertiary/aromatic N) is 1. The molecule has 1 aliphatic rings. The van der Waals surface area contributed by atoms with Gasteiger partial charge in [0.2, 0.25) is 0 Å². The summed E-state index contributed by atoms with van der Waals surface area (Å²) in [7, 11) is 1.68. The largest absolute Gasteiger partial charge is 0.495 e. The third kappa shape index (κ3) is 2.60. The Morgan fingerprint density at radius 2 is 2.17 bits per heavy atom. The molecule has 1 aliphatic heterocycles. The van der Waals surface area contributed by atoms with Crippen molar-refractivity contribution < 1.29 is 9.84 Å². The van der Waals surface area contributed by atoms with Crippen molar-refractivity contribution in [2.75, 3.05) is 31.7 Å². The maximum atomic E-state index is 9.53. The van der Waals surface area contributed by atoms with E-state index < -0.39 is 0 Å². The first kappa shape index (κ1) is 13.2. The summed E-state index contributed by atoms with van der Waals surface area (Å²) in [6.45, 7) is 6.10. The highest BCUT2D eigenvalue weighted by Gasteiger charge is 2.33. The summed E-state index contributed by atoms with van der Waals surface area (Å²) in [5.74, 6) is 0.855. The third-order valence-electron chi connectivity index (χ3n) is 3.43. The van der Waals surface area contributed by atoms with Crippen LogP contribution >= 0.6 is 0 Å². The number of nitrogens with one attached hydrogen (secondary N) is 1. The van der Waals surface area contributed by atoms with Crippen LogP contribution in [0.5, 0.6) is 5.75 Å². The molecule has 1 fully saturated rings. The van der Waals surface area contributed by atoms with E-state index in [4.69, 9.17) is 4.74 Å². The zero-order valence-electron chi connectivity index (χ0n) is 11.3. The predicted molar refractivity (Wildman–Crippen MR) is 73.3 cm³/mol. The highest BCUT2D eigenvalue weighted by Crippen LogP contribution is 2.31. The Morgan fingerprint density at radius 1 is 1.44 bits per heavy atom. The number of rotatable bonds is 3. The van der Waals surface area contributed by atoms with Crippen LogP contribution < -0.4 is 15.0 Å². The van der Waals surface area contributed by atoms with Gasteiger partial charge < -0.3 is 20.1 Å². The van der Waals surface area contributed by atoms with E-state index in [-0.39, 0.29) is 18.2 Å². The fourth-order valence-electron chi connectivity index (χ4n) is 2.43. The number of ether oxygens (including phenoxy) is 1. The van der Waals surface area contributed by atoms with Crippen molar-refractivity contribution in [3.05, 3.63) is 24.3 Å². The van der Waals surface area contributed by atoms with Gasteiger partial charge in [0, 0.05) is 18.6 Å². The number of hydrogen-bond donors (Lipinski definition) is 2. The minimum Gasteiger partial charge on any atom is -0.495 e. The van der Waals surface area contributed by atoms with E-state index in [1.165, 1.54) is 0 Å². The maximum Gasteiger partial charge on any atom is 0.142 e. The van der Waals surface area contributed by atoms with Crippen molar-refractivity contribution in [1.29, 1.82) is 0 Å². The molecule has 0 spiro atoms. The fourth-order valence-corrected chi connectivity index (χ4v) is 2.43. The van der Waals surface area contributed by atoms with Gasteiger partial charge >= 0.3 is 0 Å². The van der Waals surface area contributed by atoms with E-state index in [1.807, 2.05) is 24.3 Å². The first-order valence-corrected chi connectivity index (χ1v) is 6.33. The molecule has 0 amide bonds. The lowest BCUT2D eigenvalue weighted by atomic mass is 9.98. The molecular formula is C14H22N2O2. The number of aliphatic hydroxyl groups is 1. The number of methoxy groups -OCH3 is 1. The van der Waals surface area contributed by atoms with E-state index in [1.54, 1.807) is 7.11 Å². The van der Waals surface area contributed by atoms with E-state index in [2.05, 4.69) is 24.1 Å². The first-order chi connectivity index (χ1) is 8.57. The summed E-state index contributed by atoms with van der Waals surface area (Å²) < 4.78 is 5.42. The van der Waals surface area contributed by atoms with Crippen LogP contribution in [0, 0.1) is 0 Å². The lowest BCUT2D eigenvalue weighted by Crippen LogP contribution is -2.62. The van der Waals surface area contributed by atoms with Crippen LogP contribution in [0.2, 0.25) is 0 Å². The molecule has 2 rings (SSSR count). The molecule has 2 N–H and O–H groups in total. The Kier molecular flexibility index (Phi) is 3.78. The van der Waals surface area contributed by atoms with Gasteiger partial charge in [0.25, 0.3) is 0 Å². The summed E-state index contributed by atoms with van der Waals surface area (Å²) >= 11 is 0. The molecule has 0 bridgehead atoms. The molecule has 1 saturated heterocycles. The molecule has 1 unspecified atom stereocenters. The molecule has 0 radical (unpaired) electrons. The van der Waals surface area contributed by atoms with E-state index in [0.717, 1.165) is 24.5 Å². The van der Waals surface area contributed by atoms with Gasteiger partial charge in [0.15, 0.2) is 0 Å². The number of benzene rings is 1. The van der Waals surface area contributed by atoms with Gasteiger partial charge in [-0.25, -0.2) is 0 Å². The Hall–Kier alpha value is -1.26. The Balaban J connectivity index is 2.32. The molecule has 18 heavy (non-hydrogen) atoms. The second kappa shape index (κ2) is 5.16. The van der Waals surface area contributed by atoms with Gasteiger partial charge in [-0.2, -0.15) is 0 Å². The Bertz CT molecular complexity index is 407. The minimum absolute atomic E-state index is 0.0342. The van der Waals surface area contributed by atoms with Crippen molar-refractivity contribution >= 4 is 5.69 Å². The average Bonchev–Trinajstić information content (AvgIpc) is 2.37. The summed E-state index contributed by atoms with van der Waals surface area (Å²) in [6, 6.07) is 8.06. The quantitative estimate of drug-likeness (QED) is 0.847. The van der Waals surface area contributed by atoms with E-state index in [9.17, 15) is 5.11 Å². The monoisotopic (exact) mass is 250 g/mol. The standard InChI is InChI=1S/C14H22N2O2/c1-14(2)10-16(11(9-17)8-15-14)12-6-4-5-7-13(12)18-3/h4-7,11,15,17H,8-10H2,1-3H3. The van der Waals surface area contributed by atoms with Crippen LogP contribution in [0.1, 0.15) is 13.8 Å². The number of hydrogen-bond acceptors (Lipinski definition) is 4. The molecule has 1 aromatic rings. The molecule has 1 heterocycles. The number of aliphatic hydroxyl groups excluding tert-OH is 1. The second-order valence-corrected chi connectivity index (χ2v) is 5.40. The number of para-hydroxylation sites is 2. The molecule has 0 aromatic heterocycles. The number of piperazine rings is 1. The molecule has 4 heteroatoms. The van der Waals surface area contributed by atoms with Crippen molar-refractivity contribution in [3.8, 4) is 5.75 Å². The van der Waals surface area contributed by atoms with Crippen molar-refractivity contribution in [2.45, 2.75) is 25.4 Å². The van der Waals surface area contributed by atoms with Crippen molar-refractivity contribution in [1.82, 2.24) is 5.32 Å². The molecular weight excluding hydrogens is 228 g/mol. The smallest absolute Gasteiger partial charge is 0.142 e. The van der Waals surface area contributed by atoms with Gasteiger partial charge in [-0.1, -0.05) is 12.1 Å². The maximum absolute atomic E-state index is 9.53. The van der Waals surface area contributed by atoms with Gasteiger partial charge in [0.05, 0.1) is 25.4 Å². The van der Waals surface area contributed by atoms with Gasteiger partial charge in [-0.3, -0.25) is 0 Å². The topological polar surface area (TPSA) is 44.7 Å². The van der Waals surface area contributed by atoms with Crippen LogP contribution in [0.15, 0.2) is 24.3 Å². The zero-order chi connectivity index (χ0) is 13.2. The normalized spacial score (nSPS) is 22.9. The summed E-state index contributed by atoms with van der Waals surface area (Å²) in [5, 5.41) is 13.0. The summed E-state index contributed by atoms with van der Waals surface area (Å²) in [6.07, 6.45) is 0. The summed E-state index contributed by atoms with van der Waals surface area (Å²) in [4.78, 5) is 2.23. The van der Waals surface area contributed by atoms with Crippen LogP contribution in [-0.2, 0) is 0 Å². The first-order valence-electron chi connectivity index (χ1n) is 6.33. The molecule has 1 atom stereocenters. The molecule has 4 nitrogen and oxygen atoms in total. The lowest BCUT2D eigenvalue weighted by Gasteiger charge is -2.45. The van der Waals surface area contributed by atoms with Crippen molar-refractivity contribution in [2.24, 2.45) is 0 Å². The Morgan fingerprint density at radius 3 is 2.83 bits per heavy atom. The fraction of sp³-hybridized carbons (Fsp3) is 0.571. The molecule has 1 aromatic carbocycles. The highest BCUT2D eigenvalue weighted by molar-refractivity contribution is 5.59. The molecule has 0 saturated carbocycles. The summed E-state index contributed by atoms with van der Waals surface area (Å²) in [5.41, 5.74) is 1.08. The Labute approximate surface area is 109 Å². The average molecular weight is 250 g/mol. The van der Waals surface area contributed by atoms with Crippen molar-refractivity contribution in [3.63, 3.8) is 0 Å². The highest BCUT2D eigenvalue weighted by atomic mass is 16.5. The van der Waals surface area contributed by atoms with E-state index >= 15 is 0 Å². The predicted octanol–water partition coefficient (Wildman–Crippen LogP) is 1.24. The third-order valence-corrected chi connectivity index (χ3v) is 3.43. The minimum atomic E-state index is 0.0342. The zero-order valence-corrected chi connectivity index (χ0v) is 11.3. The van der Waals surface area contributed by atoms with E-state index in [0.29, 0.717) is 0 Å². The van der Waals surface area contributed by atoms with Gasteiger partial charge in [0.1, 0.15) is 5.75 Å². The molecule has 100 valence electrons. The van der Waals surface area contributed by atoms with Gasteiger partial charge in [-0.15, -0.1) is 0 Å².